The number of nitrogens with one attached hydrogen (secondary N) is 1. The van der Waals surface area contributed by atoms with E-state index < -0.39 is 22.2 Å². The van der Waals surface area contributed by atoms with Crippen LogP contribution >= 0.6 is 79.6 Å². The smallest absolute Gasteiger partial charge is 0.193 e. The molecule has 0 radical (unpaired) electrons. The maximum atomic E-state index is 14.4. The molecule has 5 aromatic rings. The van der Waals surface area contributed by atoms with Gasteiger partial charge < -0.3 is 24.2 Å². The van der Waals surface area contributed by atoms with Gasteiger partial charge in [0, 0.05) is 37.3 Å². The number of benzene rings is 5. The Bertz CT molecular complexity index is 2920. The van der Waals surface area contributed by atoms with Crippen LogP contribution in [-0.2, 0) is 25.7 Å². The second-order valence-corrected chi connectivity index (χ2v) is 36.7. The summed E-state index contributed by atoms with van der Waals surface area (Å²) in [5.41, 5.74) is 3.79. The van der Waals surface area contributed by atoms with Crippen LogP contribution in [-0.4, -0.2) is 64.8 Å². The molecule has 0 spiro atoms. The molecule has 7 nitrogen and oxygen atoms in total. The van der Waals surface area contributed by atoms with Crippen molar-refractivity contribution in [2.45, 2.75) is 140 Å². The van der Waals surface area contributed by atoms with Gasteiger partial charge in [-0.3, -0.25) is 9.59 Å². The predicted molar refractivity (Wildman–Crippen MR) is 328 cm³/mol. The molecule has 1 heterocycles. The molecular weight excluding hydrogens is 1370 g/mol. The zero-order valence-corrected chi connectivity index (χ0v) is 56.2. The van der Waals surface area contributed by atoms with E-state index in [2.05, 4.69) is 158 Å². The van der Waals surface area contributed by atoms with E-state index in [0.717, 1.165) is 87.1 Å². The number of carbonyl (C=O) groups excluding carboxylic acids is 2. The number of anilines is 1. The Kier molecular flexibility index (Phi) is 22.9. The van der Waals surface area contributed by atoms with Crippen molar-refractivity contribution in [2.24, 2.45) is 0 Å². The van der Waals surface area contributed by atoms with Gasteiger partial charge in [-0.05, 0) is 235 Å². The highest BCUT2D eigenvalue weighted by molar-refractivity contribution is 9.11. The van der Waals surface area contributed by atoms with E-state index in [9.17, 15) is 36.6 Å². The van der Waals surface area contributed by atoms with Crippen LogP contribution in [0.3, 0.4) is 0 Å². The van der Waals surface area contributed by atoms with Crippen molar-refractivity contribution in [3.05, 3.63) is 166 Å². The highest BCUT2D eigenvalue weighted by atomic mass is 79.9. The van der Waals surface area contributed by atoms with Gasteiger partial charge in [-0.2, -0.15) is 0 Å². The van der Waals surface area contributed by atoms with Crippen molar-refractivity contribution in [1.82, 2.24) is 5.32 Å². The summed E-state index contributed by atoms with van der Waals surface area (Å²) >= 11 is 15.4. The zero-order valence-electron chi connectivity index (χ0n) is 46.2. The molecular formula is C59H72Br5F5N2O5Si2. The predicted octanol–water partition coefficient (Wildman–Crippen LogP) is 18.4. The molecule has 78 heavy (non-hydrogen) atoms. The molecule has 0 amide bonds. The molecule has 3 saturated carbocycles. The summed E-state index contributed by atoms with van der Waals surface area (Å²) in [5, 5.41) is 13.6. The molecule has 1 saturated heterocycles. The van der Waals surface area contributed by atoms with Gasteiger partial charge >= 0.3 is 0 Å². The second-order valence-electron chi connectivity index (χ2n) is 23.3. The molecule has 0 bridgehead atoms. The first-order valence-corrected chi connectivity index (χ1v) is 36.0. The van der Waals surface area contributed by atoms with Gasteiger partial charge in [0.2, 0.25) is 0 Å². The average molecular weight is 1440 g/mol. The lowest BCUT2D eigenvalue weighted by molar-refractivity contribution is 0.101. The number of hydrogen-bond donors (Lipinski definition) is 2. The van der Waals surface area contributed by atoms with Gasteiger partial charge in [-0.25, -0.2) is 22.0 Å². The Morgan fingerprint density at radius 3 is 1.29 bits per heavy atom. The van der Waals surface area contributed by atoms with Gasteiger partial charge in [0.25, 0.3) is 0 Å². The van der Waals surface area contributed by atoms with Crippen LogP contribution < -0.4 is 10.2 Å². The van der Waals surface area contributed by atoms with Gasteiger partial charge in [0.15, 0.2) is 28.2 Å². The zero-order chi connectivity index (χ0) is 58.4. The van der Waals surface area contributed by atoms with Crippen molar-refractivity contribution in [3.63, 3.8) is 0 Å². The summed E-state index contributed by atoms with van der Waals surface area (Å²) in [4.78, 5) is 24.0. The lowest BCUT2D eigenvalue weighted by Crippen LogP contribution is -2.44. The summed E-state index contributed by atoms with van der Waals surface area (Å²) in [6, 6.07) is 23.9. The third kappa shape index (κ3) is 17.8. The van der Waals surface area contributed by atoms with E-state index in [1.807, 2.05) is 24.3 Å². The Hall–Kier alpha value is -2.44. The van der Waals surface area contributed by atoms with Crippen molar-refractivity contribution in [3.8, 4) is 0 Å². The number of hydrogen-bond acceptors (Lipinski definition) is 7. The summed E-state index contributed by atoms with van der Waals surface area (Å²) in [6.07, 6.45) is 5.74. The molecule has 19 heteroatoms. The number of nitrogens with zero attached hydrogens (tertiary/aromatic N) is 1. The highest BCUT2D eigenvalue weighted by Gasteiger charge is 2.54. The molecule has 5 aromatic carbocycles. The Morgan fingerprint density at radius 2 is 0.923 bits per heavy atom. The SMILES string of the molecule is CC(=O)c1ccc(F)c(Br)c1.CC(C)(C)[Si](C)(C)OC1(c2ccc(F)c(Br)c2)CC1.CC(C)(C)[Si](C)(C)OC1(c2ccc(F)c(N3CCNCC3)c2)CC1.O=C(CBr)c1ccc(F)c(Br)c1.OC1(c2ccc(F)c(Br)c2)CC1. The molecule has 2 N–H and O–H groups in total. The molecule has 3 aliphatic carbocycles. The standard InChI is InChI=1S/C19H31FN2OSi.C15H22BrFOSi.C9H8BrFO.C8H5Br2FO.C8H6BrFO/c1-18(2,3)24(4,5)23-19(8-9-19)15-6-7-16(20)17(14-15)22-12-10-21-11-13-22;1-14(2,3)19(4,5)18-15(8-9-15)11-6-7-13(17)12(16)10-11;10-7-5-6(1-2-8(7)11)9(12)3-4-9;9-4-8(12)5-1-2-7(11)6(10)3-5;1-5(11)6-2-3-8(10)7(9)4-6/h6-7,14,21H,8-13H2,1-5H3;6-7,10H,8-9H2,1-5H3;1-2,5,12H,3-4H2;1-3H,4H2;2-4H,1H3. The van der Waals surface area contributed by atoms with Crippen LogP contribution in [0.25, 0.3) is 0 Å². The molecule has 9 rings (SSSR count). The fourth-order valence-corrected chi connectivity index (χ4v) is 12.8. The summed E-state index contributed by atoms with van der Waals surface area (Å²) in [6.45, 7) is 27.7. The van der Waals surface area contributed by atoms with Gasteiger partial charge in [-0.1, -0.05) is 75.7 Å². The molecule has 4 fully saturated rings. The second kappa shape index (κ2) is 26.9. The molecule has 1 aliphatic heterocycles. The van der Waals surface area contributed by atoms with Crippen LogP contribution in [0, 0.1) is 29.1 Å². The van der Waals surface area contributed by atoms with Gasteiger partial charge in [0.05, 0.1) is 45.7 Å². The van der Waals surface area contributed by atoms with Crippen molar-refractivity contribution < 1.29 is 45.5 Å². The fraction of sp³-hybridized carbons (Fsp3) is 0.458. The van der Waals surface area contributed by atoms with E-state index in [1.165, 1.54) is 55.5 Å². The quantitative estimate of drug-likeness (QED) is 0.0589. The van der Waals surface area contributed by atoms with Crippen LogP contribution in [0.4, 0.5) is 27.6 Å². The number of carbonyl (C=O) groups is 2. The average Bonchev–Trinajstić information content (AvgIpc) is 4.32. The van der Waals surface area contributed by atoms with Crippen molar-refractivity contribution in [1.29, 1.82) is 0 Å². The molecule has 4 aliphatic rings. The number of rotatable bonds is 11. The molecule has 0 unspecified atom stereocenters. The lowest BCUT2D eigenvalue weighted by Gasteiger charge is -2.40. The molecule has 0 aromatic heterocycles. The number of Topliss-reactive ketones (excluding diaryl/α,β-unsaturated/α-hetero) is 2. The van der Waals surface area contributed by atoms with E-state index in [-0.39, 0.29) is 67.3 Å². The largest absolute Gasteiger partial charge is 0.407 e. The van der Waals surface area contributed by atoms with E-state index in [0.29, 0.717) is 29.0 Å². The third-order valence-electron chi connectivity index (χ3n) is 15.2. The first-order valence-electron chi connectivity index (χ1n) is 25.9. The van der Waals surface area contributed by atoms with Crippen LogP contribution in [0.1, 0.15) is 124 Å². The normalized spacial score (nSPS) is 16.8. The van der Waals surface area contributed by atoms with Gasteiger partial charge in [0.1, 0.15) is 29.1 Å². The summed E-state index contributed by atoms with van der Waals surface area (Å²) in [5.74, 6) is -1.46. The molecule has 0 atom stereocenters. The van der Waals surface area contributed by atoms with E-state index in [1.54, 1.807) is 18.2 Å². The minimum absolute atomic E-state index is 0.0595. The number of halogens is 10. The number of aliphatic hydroxyl groups is 1. The van der Waals surface area contributed by atoms with Crippen LogP contribution in [0.15, 0.2) is 109 Å². The Labute approximate surface area is 502 Å². The maximum absolute atomic E-state index is 14.4. The summed E-state index contributed by atoms with van der Waals surface area (Å²) < 4.78 is 80.7. The number of ketones is 2. The van der Waals surface area contributed by atoms with E-state index >= 15 is 0 Å². The Morgan fingerprint density at radius 1 is 0.564 bits per heavy atom. The van der Waals surface area contributed by atoms with Crippen molar-refractivity contribution >= 4 is 114 Å². The third-order valence-corrected chi connectivity index (χ3v) is 27.1. The monoisotopic (exact) mass is 1430 g/mol. The first kappa shape index (κ1) is 66.4. The molecule has 426 valence electrons. The van der Waals surface area contributed by atoms with Crippen LogP contribution in [0.2, 0.25) is 36.3 Å². The summed E-state index contributed by atoms with van der Waals surface area (Å²) in [7, 11) is -3.65. The minimum Gasteiger partial charge on any atom is -0.407 e. The number of piperazine rings is 1. The van der Waals surface area contributed by atoms with E-state index in [4.69, 9.17) is 8.85 Å². The highest BCUT2D eigenvalue weighted by Crippen LogP contribution is 2.56. The lowest BCUT2D eigenvalue weighted by atomic mass is 10.1. The first-order chi connectivity index (χ1) is 36.1. The van der Waals surface area contributed by atoms with Crippen LogP contribution in [0.5, 0.6) is 0 Å². The van der Waals surface area contributed by atoms with Crippen molar-refractivity contribution in [2.75, 3.05) is 36.4 Å². The fourth-order valence-electron chi connectivity index (χ4n) is 7.79. The van der Waals surface area contributed by atoms with Gasteiger partial charge in [-0.15, -0.1) is 0 Å². The minimum atomic E-state index is -1.85. The maximum Gasteiger partial charge on any atom is 0.193 e. The topological polar surface area (TPSA) is 88.1 Å². The Balaban J connectivity index is 0.000000186. The number of alkyl halides is 1.